The number of carbonyl (C=O) groups excluding carboxylic acids is 4. The molecule has 8 heteroatoms. The number of imide groups is 1. The molecule has 5 atom stereocenters. The lowest BCUT2D eigenvalue weighted by atomic mass is 9.73. The predicted octanol–water partition coefficient (Wildman–Crippen LogP) is 5.96. The summed E-state index contributed by atoms with van der Waals surface area (Å²) in [6, 6.07) is 20.8. The fraction of sp³-hybridized carbons (Fsp3) is 0.267. The highest BCUT2D eigenvalue weighted by molar-refractivity contribution is 6.36. The topological polar surface area (TPSA) is 80.8 Å². The molecule has 6 nitrogen and oxygen atoms in total. The minimum absolute atomic E-state index is 0.153. The van der Waals surface area contributed by atoms with Gasteiger partial charge in [-0.05, 0) is 78.6 Å². The first kappa shape index (κ1) is 24.8. The minimum Gasteiger partial charge on any atom is -0.454 e. The van der Waals surface area contributed by atoms with Crippen LogP contribution in [-0.4, -0.2) is 30.2 Å². The monoisotopic (exact) mass is 547 g/mol. The lowest BCUT2D eigenvalue weighted by Gasteiger charge is -2.28. The van der Waals surface area contributed by atoms with E-state index < -0.39 is 18.4 Å². The zero-order valence-corrected chi connectivity index (χ0v) is 21.7. The quantitative estimate of drug-likeness (QED) is 0.216. The third-order valence-electron chi connectivity index (χ3n) is 8.17. The summed E-state index contributed by atoms with van der Waals surface area (Å²) in [5.41, 5.74) is 2.08. The summed E-state index contributed by atoms with van der Waals surface area (Å²) >= 11 is 11.9. The first-order chi connectivity index (χ1) is 18.3. The van der Waals surface area contributed by atoms with E-state index in [9.17, 15) is 19.2 Å². The fourth-order valence-corrected chi connectivity index (χ4v) is 7.07. The summed E-state index contributed by atoms with van der Waals surface area (Å²) in [5.74, 6) is -1.39. The third kappa shape index (κ3) is 4.12. The van der Waals surface area contributed by atoms with E-state index in [1.807, 2.05) is 18.2 Å². The number of ether oxygens (including phenoxy) is 1. The van der Waals surface area contributed by atoms with Crippen molar-refractivity contribution in [3.8, 4) is 0 Å². The molecule has 1 aliphatic heterocycles. The second-order valence-corrected chi connectivity index (χ2v) is 11.0. The van der Waals surface area contributed by atoms with Crippen molar-refractivity contribution in [1.29, 1.82) is 0 Å². The fourth-order valence-electron chi connectivity index (χ4n) is 6.55. The molecular formula is C30H23Cl2NO5. The van der Waals surface area contributed by atoms with Gasteiger partial charge in [-0.15, -0.1) is 0 Å². The molecule has 2 bridgehead atoms. The average Bonchev–Trinajstić information content (AvgIpc) is 3.59. The van der Waals surface area contributed by atoms with Crippen LogP contribution in [0.5, 0.6) is 0 Å². The van der Waals surface area contributed by atoms with Crippen molar-refractivity contribution in [2.45, 2.75) is 18.8 Å². The molecule has 1 heterocycles. The van der Waals surface area contributed by atoms with Gasteiger partial charge in [0, 0.05) is 10.6 Å². The van der Waals surface area contributed by atoms with Crippen LogP contribution in [0.2, 0.25) is 10.0 Å². The summed E-state index contributed by atoms with van der Waals surface area (Å²) in [6.45, 7) is -0.486. The first-order valence-electron chi connectivity index (χ1n) is 12.5. The van der Waals surface area contributed by atoms with Gasteiger partial charge in [0.05, 0.1) is 28.1 Å². The highest BCUT2D eigenvalue weighted by atomic mass is 35.5. The molecule has 3 fully saturated rings. The predicted molar refractivity (Wildman–Crippen MR) is 142 cm³/mol. The van der Waals surface area contributed by atoms with Crippen LogP contribution in [0.1, 0.15) is 45.0 Å². The van der Waals surface area contributed by atoms with Crippen molar-refractivity contribution < 1.29 is 23.9 Å². The van der Waals surface area contributed by atoms with Crippen molar-refractivity contribution in [2.75, 3.05) is 11.5 Å². The lowest BCUT2D eigenvalue weighted by Crippen LogP contribution is -2.33. The summed E-state index contributed by atoms with van der Waals surface area (Å²) in [4.78, 5) is 53.1. The first-order valence-corrected chi connectivity index (χ1v) is 13.3. The largest absolute Gasteiger partial charge is 0.454 e. The van der Waals surface area contributed by atoms with Gasteiger partial charge in [0.2, 0.25) is 17.6 Å². The van der Waals surface area contributed by atoms with Crippen molar-refractivity contribution in [3.05, 3.63) is 99.5 Å². The molecule has 0 spiro atoms. The number of halogens is 2. The zero-order chi connectivity index (χ0) is 26.6. The number of Topliss-reactive ketones (excluding diaryl/α,β-unsaturated/α-hetero) is 1. The van der Waals surface area contributed by atoms with Crippen LogP contribution in [0.25, 0.3) is 0 Å². The van der Waals surface area contributed by atoms with E-state index in [0.717, 1.165) is 12.8 Å². The molecule has 0 N–H and O–H groups in total. The smallest absolute Gasteiger partial charge is 0.338 e. The number of ketones is 1. The maximum atomic E-state index is 13.5. The number of rotatable bonds is 6. The number of amides is 2. The Morgan fingerprint density at radius 3 is 2.29 bits per heavy atom. The number of hydrogen-bond donors (Lipinski definition) is 0. The molecule has 2 saturated carbocycles. The van der Waals surface area contributed by atoms with Gasteiger partial charge < -0.3 is 4.74 Å². The van der Waals surface area contributed by atoms with Crippen LogP contribution in [0.4, 0.5) is 5.69 Å². The molecule has 0 unspecified atom stereocenters. The molecule has 3 aromatic carbocycles. The Morgan fingerprint density at radius 1 is 0.868 bits per heavy atom. The minimum atomic E-state index is -0.699. The van der Waals surface area contributed by atoms with Crippen LogP contribution < -0.4 is 4.90 Å². The molecule has 0 radical (unpaired) electrons. The van der Waals surface area contributed by atoms with Gasteiger partial charge in [-0.2, -0.15) is 0 Å². The number of carbonyl (C=O) groups is 4. The number of fused-ring (bicyclic) bond motifs is 5. The molecule has 3 aromatic rings. The second kappa shape index (κ2) is 9.68. The lowest BCUT2D eigenvalue weighted by molar-refractivity contribution is -0.123. The third-order valence-corrected chi connectivity index (χ3v) is 8.72. The summed E-state index contributed by atoms with van der Waals surface area (Å²) < 4.78 is 5.16. The molecule has 0 aromatic heterocycles. The maximum absolute atomic E-state index is 13.5. The van der Waals surface area contributed by atoms with Crippen LogP contribution >= 0.6 is 23.2 Å². The van der Waals surface area contributed by atoms with Crippen molar-refractivity contribution >= 4 is 52.5 Å². The van der Waals surface area contributed by atoms with E-state index in [-0.39, 0.29) is 51.6 Å². The summed E-state index contributed by atoms with van der Waals surface area (Å²) in [5, 5.41) is 0.571. The highest BCUT2D eigenvalue weighted by Gasteiger charge is 2.64. The normalized spacial score (nSPS) is 25.5. The molecule has 1 saturated heterocycles. The number of nitrogens with zero attached hydrogens (tertiary/aromatic N) is 1. The Morgan fingerprint density at radius 2 is 1.58 bits per heavy atom. The number of esters is 1. The number of benzene rings is 3. The molecule has 38 heavy (non-hydrogen) atoms. The van der Waals surface area contributed by atoms with E-state index in [0.29, 0.717) is 16.6 Å². The van der Waals surface area contributed by atoms with Gasteiger partial charge in [-0.3, -0.25) is 19.3 Å². The van der Waals surface area contributed by atoms with Gasteiger partial charge in [-0.25, -0.2) is 4.79 Å². The molecule has 3 aliphatic rings. The molecule has 192 valence electrons. The molecule has 6 rings (SSSR count). The van der Waals surface area contributed by atoms with Crippen LogP contribution in [0.15, 0.2) is 72.8 Å². The highest BCUT2D eigenvalue weighted by Crippen LogP contribution is 2.61. The Hall–Kier alpha value is -3.48. The molecular weight excluding hydrogens is 525 g/mol. The van der Waals surface area contributed by atoms with Gasteiger partial charge in [0.25, 0.3) is 0 Å². The van der Waals surface area contributed by atoms with Gasteiger partial charge in [0.1, 0.15) is 0 Å². The number of hydrogen-bond acceptors (Lipinski definition) is 5. The van der Waals surface area contributed by atoms with Crippen molar-refractivity contribution in [1.82, 2.24) is 0 Å². The van der Waals surface area contributed by atoms with Crippen LogP contribution in [0, 0.1) is 23.7 Å². The standard InChI is InChI=1S/C30H23Cl2NO5/c31-19-8-11-21(24(32)14-19)25(34)15-38-30(37)17-6-9-20(10-7-17)33-28(35)26-18-12-22(16-4-2-1-3-5-16)23(13-18)27(26)29(33)36/h1-11,14,18,22-23,26-27H,12-13,15H2/t18-,22-,23+,26+,27-/m0/s1. The van der Waals surface area contributed by atoms with Gasteiger partial charge in [-0.1, -0.05) is 53.5 Å². The Balaban J connectivity index is 1.13. The van der Waals surface area contributed by atoms with Gasteiger partial charge >= 0.3 is 5.97 Å². The summed E-state index contributed by atoms with van der Waals surface area (Å²) in [7, 11) is 0. The molecule has 2 amide bonds. The Bertz CT molecular complexity index is 1460. The summed E-state index contributed by atoms with van der Waals surface area (Å²) in [6.07, 6.45) is 1.83. The van der Waals surface area contributed by atoms with Gasteiger partial charge in [0.15, 0.2) is 6.61 Å². The SMILES string of the molecule is O=C(OCC(=O)c1ccc(Cl)cc1Cl)c1ccc(N2C(=O)[C@@H]3[C@@H]4C[C@@H]([C@@H]3C2=O)[C@H](c2ccccc2)C4)cc1. The van der Waals surface area contributed by atoms with E-state index in [1.54, 1.807) is 12.1 Å². The van der Waals surface area contributed by atoms with Crippen molar-refractivity contribution in [2.24, 2.45) is 23.7 Å². The van der Waals surface area contributed by atoms with Crippen LogP contribution in [0.3, 0.4) is 0 Å². The molecule has 2 aliphatic carbocycles. The van der Waals surface area contributed by atoms with E-state index in [1.165, 1.54) is 40.8 Å². The Kier molecular flexibility index (Phi) is 6.33. The maximum Gasteiger partial charge on any atom is 0.338 e. The van der Waals surface area contributed by atoms with Crippen LogP contribution in [-0.2, 0) is 14.3 Å². The number of anilines is 1. The van der Waals surface area contributed by atoms with E-state index >= 15 is 0 Å². The van der Waals surface area contributed by atoms with E-state index in [2.05, 4.69) is 12.1 Å². The Labute approximate surface area is 229 Å². The second-order valence-electron chi connectivity index (χ2n) is 10.1. The average molecular weight is 548 g/mol. The van der Waals surface area contributed by atoms with E-state index in [4.69, 9.17) is 27.9 Å². The zero-order valence-electron chi connectivity index (χ0n) is 20.2. The van der Waals surface area contributed by atoms with Crippen molar-refractivity contribution in [3.63, 3.8) is 0 Å².